The Kier molecular flexibility index (Phi) is 6.41. The number of amides is 1. The van der Waals surface area contributed by atoms with Crippen molar-refractivity contribution in [2.45, 2.75) is 18.9 Å². The highest BCUT2D eigenvalue weighted by Crippen LogP contribution is 2.25. The molecule has 1 heterocycles. The lowest BCUT2D eigenvalue weighted by molar-refractivity contribution is -0.123. The van der Waals surface area contributed by atoms with Gasteiger partial charge in [0.05, 0.1) is 42.4 Å². The van der Waals surface area contributed by atoms with E-state index in [2.05, 4.69) is 15.3 Å². The third-order valence-electron chi connectivity index (χ3n) is 4.27. The number of carbonyl (C=O) groups is 1. The van der Waals surface area contributed by atoms with E-state index in [0.29, 0.717) is 27.7 Å². The molecule has 146 valence electrons. The number of fused-ring (bicyclic) bond motifs is 1. The molecule has 0 aliphatic heterocycles. The van der Waals surface area contributed by atoms with Crippen LogP contribution >= 0.6 is 11.6 Å². The number of benzene rings is 2. The number of carbonyl (C=O) groups excluding carboxylic acids is 1. The molecule has 0 saturated carbocycles. The van der Waals surface area contributed by atoms with Crippen LogP contribution in [0.3, 0.4) is 0 Å². The fourth-order valence-electron chi connectivity index (χ4n) is 2.59. The Bertz CT molecular complexity index is 961. The van der Waals surface area contributed by atoms with E-state index < -0.39 is 12.0 Å². The third-order valence-corrected chi connectivity index (χ3v) is 4.50. The van der Waals surface area contributed by atoms with Crippen molar-refractivity contribution < 1.29 is 19.7 Å². The zero-order valence-electron chi connectivity index (χ0n) is 15.2. The molecule has 0 radical (unpaired) electrons. The smallest absolute Gasteiger partial charge is 0.238 e. The first-order valence-corrected chi connectivity index (χ1v) is 9.10. The van der Waals surface area contributed by atoms with Gasteiger partial charge in [0.1, 0.15) is 5.75 Å². The van der Waals surface area contributed by atoms with Crippen molar-refractivity contribution in [3.05, 3.63) is 59.2 Å². The summed E-state index contributed by atoms with van der Waals surface area (Å²) in [6, 6.07) is 11.6. The first-order valence-electron chi connectivity index (χ1n) is 8.72. The number of rotatable bonds is 7. The Morgan fingerprint density at radius 3 is 2.54 bits per heavy atom. The summed E-state index contributed by atoms with van der Waals surface area (Å²) in [5, 5.41) is 21.3. The van der Waals surface area contributed by atoms with Crippen LogP contribution in [0, 0.1) is 0 Å². The molecule has 1 aromatic heterocycles. The van der Waals surface area contributed by atoms with Gasteiger partial charge in [-0.15, -0.1) is 0 Å². The van der Waals surface area contributed by atoms with Gasteiger partial charge < -0.3 is 20.3 Å². The fourth-order valence-corrected chi connectivity index (χ4v) is 2.75. The van der Waals surface area contributed by atoms with Crippen LogP contribution in [0.4, 0.5) is 0 Å². The largest absolute Gasteiger partial charge is 0.437 e. The molecule has 0 aliphatic rings. The van der Waals surface area contributed by atoms with E-state index in [1.807, 2.05) is 0 Å². The summed E-state index contributed by atoms with van der Waals surface area (Å²) in [5.74, 6) is 0.186. The molecule has 0 spiro atoms. The summed E-state index contributed by atoms with van der Waals surface area (Å²) in [7, 11) is 0. The van der Waals surface area contributed by atoms with Crippen molar-refractivity contribution in [3.8, 4) is 11.6 Å². The number of nitrogens with zero attached hydrogens (tertiary/aromatic N) is 2. The van der Waals surface area contributed by atoms with E-state index in [0.717, 1.165) is 5.56 Å². The lowest BCUT2D eigenvalue weighted by Crippen LogP contribution is -2.42. The second-order valence-electron chi connectivity index (χ2n) is 6.30. The van der Waals surface area contributed by atoms with Gasteiger partial charge in [0.2, 0.25) is 11.8 Å². The molecule has 0 saturated heterocycles. The average molecular weight is 402 g/mol. The van der Waals surface area contributed by atoms with Gasteiger partial charge in [-0.1, -0.05) is 23.7 Å². The monoisotopic (exact) mass is 401 g/mol. The summed E-state index contributed by atoms with van der Waals surface area (Å²) >= 11 is 5.94. The number of aliphatic hydroxyl groups excluding tert-OH is 2. The van der Waals surface area contributed by atoms with E-state index in [9.17, 15) is 4.79 Å². The van der Waals surface area contributed by atoms with E-state index in [-0.39, 0.29) is 19.1 Å². The highest BCUT2D eigenvalue weighted by Gasteiger charge is 2.18. The zero-order chi connectivity index (χ0) is 20.1. The maximum absolute atomic E-state index is 12.2. The van der Waals surface area contributed by atoms with Gasteiger partial charge in [-0.2, -0.15) is 0 Å². The molecular formula is C20H20ClN3O4. The van der Waals surface area contributed by atoms with Crippen LogP contribution in [0.25, 0.3) is 11.0 Å². The van der Waals surface area contributed by atoms with Gasteiger partial charge >= 0.3 is 0 Å². The Labute approximate surface area is 167 Å². The van der Waals surface area contributed by atoms with Crippen LogP contribution in [-0.2, 0) is 4.79 Å². The standard InChI is InChI=1S/C20H20ClN3O4/c1-12(20(27)23-15(10-25)11-26)13-2-5-16(6-3-13)28-19-9-22-18-8-14(21)4-7-17(18)24-19/h2-9,12,15,25-26H,10-11H2,1H3,(H,23,27). The van der Waals surface area contributed by atoms with Crippen LogP contribution in [0.15, 0.2) is 48.7 Å². The van der Waals surface area contributed by atoms with Crippen molar-refractivity contribution in [1.29, 1.82) is 0 Å². The first kappa shape index (κ1) is 20.0. The van der Waals surface area contributed by atoms with Crippen LogP contribution in [-0.4, -0.2) is 45.3 Å². The normalized spacial score (nSPS) is 12.2. The molecule has 7 nitrogen and oxygen atoms in total. The first-order chi connectivity index (χ1) is 13.5. The zero-order valence-corrected chi connectivity index (χ0v) is 15.9. The number of hydrogen-bond acceptors (Lipinski definition) is 6. The molecule has 8 heteroatoms. The Morgan fingerprint density at radius 1 is 1.14 bits per heavy atom. The van der Waals surface area contributed by atoms with Crippen LogP contribution in [0.1, 0.15) is 18.4 Å². The Balaban J connectivity index is 1.68. The van der Waals surface area contributed by atoms with Crippen molar-refractivity contribution in [3.63, 3.8) is 0 Å². The molecule has 1 amide bonds. The lowest BCUT2D eigenvalue weighted by Gasteiger charge is -2.17. The fraction of sp³-hybridized carbons (Fsp3) is 0.250. The number of nitrogens with one attached hydrogen (secondary N) is 1. The topological polar surface area (TPSA) is 105 Å². The number of aliphatic hydroxyl groups is 2. The summed E-state index contributed by atoms with van der Waals surface area (Å²) in [5.41, 5.74) is 2.13. The second-order valence-corrected chi connectivity index (χ2v) is 6.74. The minimum absolute atomic E-state index is 0.277. The van der Waals surface area contributed by atoms with Gasteiger partial charge in [0, 0.05) is 5.02 Å². The van der Waals surface area contributed by atoms with E-state index >= 15 is 0 Å². The average Bonchev–Trinajstić information content (AvgIpc) is 2.72. The van der Waals surface area contributed by atoms with E-state index in [4.69, 9.17) is 26.6 Å². The number of hydrogen-bond donors (Lipinski definition) is 3. The van der Waals surface area contributed by atoms with Crippen LogP contribution < -0.4 is 10.1 Å². The van der Waals surface area contributed by atoms with Crippen molar-refractivity contribution in [2.75, 3.05) is 13.2 Å². The summed E-state index contributed by atoms with van der Waals surface area (Å²) < 4.78 is 5.74. The highest BCUT2D eigenvalue weighted by atomic mass is 35.5. The minimum Gasteiger partial charge on any atom is -0.437 e. The molecule has 3 aromatic rings. The van der Waals surface area contributed by atoms with E-state index in [1.165, 1.54) is 6.20 Å². The van der Waals surface area contributed by atoms with E-state index in [1.54, 1.807) is 49.4 Å². The molecule has 3 rings (SSSR count). The molecule has 1 atom stereocenters. The van der Waals surface area contributed by atoms with Gasteiger partial charge in [0.25, 0.3) is 0 Å². The van der Waals surface area contributed by atoms with Gasteiger partial charge in [-0.25, -0.2) is 9.97 Å². The van der Waals surface area contributed by atoms with Crippen molar-refractivity contribution in [2.24, 2.45) is 0 Å². The molecule has 1 unspecified atom stereocenters. The predicted molar refractivity (Wildman–Crippen MR) is 106 cm³/mol. The number of halogens is 1. The summed E-state index contributed by atoms with van der Waals surface area (Å²) in [6.45, 7) is 1.11. The van der Waals surface area contributed by atoms with Crippen molar-refractivity contribution in [1.82, 2.24) is 15.3 Å². The minimum atomic E-state index is -0.668. The Hall–Kier alpha value is -2.74. The van der Waals surface area contributed by atoms with Crippen LogP contribution in [0.2, 0.25) is 5.02 Å². The summed E-state index contributed by atoms with van der Waals surface area (Å²) in [6.07, 6.45) is 1.52. The maximum Gasteiger partial charge on any atom is 0.238 e. The van der Waals surface area contributed by atoms with Gasteiger partial charge in [0.15, 0.2) is 0 Å². The summed E-state index contributed by atoms with van der Waals surface area (Å²) in [4.78, 5) is 20.9. The molecule has 0 fully saturated rings. The molecule has 3 N–H and O–H groups in total. The molecule has 2 aromatic carbocycles. The van der Waals surface area contributed by atoms with Crippen LogP contribution in [0.5, 0.6) is 11.6 Å². The lowest BCUT2D eigenvalue weighted by atomic mass is 10.00. The number of aromatic nitrogens is 2. The van der Waals surface area contributed by atoms with Gasteiger partial charge in [-0.3, -0.25) is 4.79 Å². The predicted octanol–water partition coefficient (Wildman–Crippen LogP) is 2.65. The number of ether oxygens (including phenoxy) is 1. The molecule has 0 bridgehead atoms. The molecule has 0 aliphatic carbocycles. The maximum atomic E-state index is 12.2. The Morgan fingerprint density at radius 2 is 1.86 bits per heavy atom. The second kappa shape index (κ2) is 8.97. The highest BCUT2D eigenvalue weighted by molar-refractivity contribution is 6.31. The van der Waals surface area contributed by atoms with Crippen molar-refractivity contribution >= 4 is 28.5 Å². The third kappa shape index (κ3) is 4.75. The molecule has 28 heavy (non-hydrogen) atoms. The molecular weight excluding hydrogens is 382 g/mol. The van der Waals surface area contributed by atoms with Gasteiger partial charge in [-0.05, 0) is 42.8 Å². The SMILES string of the molecule is CC(C(=O)NC(CO)CO)c1ccc(Oc2cnc3cc(Cl)ccc3n2)cc1. The quantitative estimate of drug-likeness (QED) is 0.562.